The molecule has 10 aromatic rings. The molecule has 0 aliphatic rings. The van der Waals surface area contributed by atoms with Gasteiger partial charge in [0.05, 0.1) is 16.1 Å². The van der Waals surface area contributed by atoms with Gasteiger partial charge in [-0.3, -0.25) is 0 Å². The van der Waals surface area contributed by atoms with Gasteiger partial charge in [0.15, 0.2) is 0 Å². The number of benzene rings is 8. The van der Waals surface area contributed by atoms with Crippen LogP contribution in [0.4, 0.5) is 17.1 Å². The first kappa shape index (κ1) is 28.3. The van der Waals surface area contributed by atoms with E-state index in [1.54, 1.807) is 0 Å². The fourth-order valence-electron chi connectivity index (χ4n) is 7.31. The van der Waals surface area contributed by atoms with E-state index < -0.39 is 0 Å². The van der Waals surface area contributed by atoms with Crippen molar-refractivity contribution >= 4 is 90.9 Å². The van der Waals surface area contributed by atoms with Gasteiger partial charge >= 0.3 is 0 Å². The first-order chi connectivity index (χ1) is 24.3. The van der Waals surface area contributed by atoms with Gasteiger partial charge in [0.1, 0.15) is 0 Å². The Labute approximate surface area is 292 Å². The predicted molar refractivity (Wildman–Crippen MR) is 215 cm³/mol. The van der Waals surface area contributed by atoms with Crippen LogP contribution >= 0.6 is 22.7 Å². The van der Waals surface area contributed by atoms with E-state index >= 15 is 0 Å². The van der Waals surface area contributed by atoms with Crippen LogP contribution in [0.2, 0.25) is 0 Å². The third kappa shape index (κ3) is 4.74. The Morgan fingerprint density at radius 2 is 0.939 bits per heavy atom. The molecule has 230 valence electrons. The molecule has 0 saturated carbocycles. The van der Waals surface area contributed by atoms with Gasteiger partial charge in [0.25, 0.3) is 0 Å². The average molecular weight is 660 g/mol. The van der Waals surface area contributed by atoms with Gasteiger partial charge in [0, 0.05) is 41.3 Å². The van der Waals surface area contributed by atoms with Gasteiger partial charge in [-0.25, -0.2) is 0 Å². The minimum absolute atomic E-state index is 1.14. The van der Waals surface area contributed by atoms with E-state index in [9.17, 15) is 0 Å². The lowest BCUT2D eigenvalue weighted by molar-refractivity contribution is 1.32. The van der Waals surface area contributed by atoms with Crippen molar-refractivity contribution in [1.82, 2.24) is 0 Å². The third-order valence-corrected chi connectivity index (χ3v) is 12.0. The molecule has 8 aromatic carbocycles. The molecular formula is C46H29NS2. The normalized spacial score (nSPS) is 11.7. The van der Waals surface area contributed by atoms with E-state index in [2.05, 4.69) is 181 Å². The molecule has 0 bridgehead atoms. The van der Waals surface area contributed by atoms with Crippen LogP contribution in [0, 0.1) is 0 Å². The first-order valence-corrected chi connectivity index (χ1v) is 18.2. The molecule has 0 radical (unpaired) electrons. The molecule has 0 saturated heterocycles. The van der Waals surface area contributed by atoms with Crippen LogP contribution in [-0.2, 0) is 0 Å². The second-order valence-electron chi connectivity index (χ2n) is 12.5. The molecule has 0 aliphatic heterocycles. The summed E-state index contributed by atoms with van der Waals surface area (Å²) in [6.45, 7) is 0. The Kier molecular flexibility index (Phi) is 6.61. The van der Waals surface area contributed by atoms with Crippen LogP contribution in [0.1, 0.15) is 0 Å². The van der Waals surface area contributed by atoms with Crippen molar-refractivity contribution in [3.05, 3.63) is 176 Å². The number of anilines is 3. The molecule has 0 N–H and O–H groups in total. The highest BCUT2D eigenvalue weighted by atomic mass is 32.1. The van der Waals surface area contributed by atoms with Crippen LogP contribution in [0.5, 0.6) is 0 Å². The Bertz CT molecular complexity index is 2840. The molecular weight excluding hydrogens is 631 g/mol. The second kappa shape index (κ2) is 11.5. The Balaban J connectivity index is 1.13. The minimum atomic E-state index is 1.14. The number of fused-ring (bicyclic) bond motifs is 7. The van der Waals surface area contributed by atoms with Gasteiger partial charge < -0.3 is 4.90 Å². The number of thiophene rings is 2. The Morgan fingerprint density at radius 3 is 1.80 bits per heavy atom. The van der Waals surface area contributed by atoms with Crippen LogP contribution in [0.15, 0.2) is 176 Å². The summed E-state index contributed by atoms with van der Waals surface area (Å²) in [6, 6.07) is 64.4. The summed E-state index contributed by atoms with van der Waals surface area (Å²) in [4.78, 5) is 2.48. The van der Waals surface area contributed by atoms with Crippen molar-refractivity contribution in [1.29, 1.82) is 0 Å². The van der Waals surface area contributed by atoms with E-state index in [1.165, 1.54) is 84.7 Å². The predicted octanol–water partition coefficient (Wildman–Crippen LogP) is 14.4. The zero-order chi connectivity index (χ0) is 32.3. The highest BCUT2D eigenvalue weighted by Crippen LogP contribution is 2.49. The lowest BCUT2D eigenvalue weighted by Crippen LogP contribution is -2.10. The topological polar surface area (TPSA) is 3.24 Å². The van der Waals surface area contributed by atoms with Gasteiger partial charge in [-0.2, -0.15) is 0 Å². The summed E-state index contributed by atoms with van der Waals surface area (Å²) in [6.07, 6.45) is 0. The Hall–Kier alpha value is -5.74. The van der Waals surface area contributed by atoms with Crippen LogP contribution in [0.25, 0.3) is 73.4 Å². The van der Waals surface area contributed by atoms with E-state index in [0.29, 0.717) is 0 Å². The number of rotatable bonds is 5. The third-order valence-electron chi connectivity index (χ3n) is 9.65. The van der Waals surface area contributed by atoms with Crippen LogP contribution in [0.3, 0.4) is 0 Å². The maximum atomic E-state index is 2.48. The Morgan fingerprint density at radius 1 is 0.347 bits per heavy atom. The van der Waals surface area contributed by atoms with Crippen LogP contribution in [-0.4, -0.2) is 0 Å². The molecule has 0 fully saturated rings. The molecule has 0 aliphatic carbocycles. The molecule has 0 amide bonds. The first-order valence-electron chi connectivity index (χ1n) is 16.6. The molecule has 2 aromatic heterocycles. The van der Waals surface area contributed by atoms with Crippen molar-refractivity contribution in [3.8, 4) is 22.3 Å². The quantitative estimate of drug-likeness (QED) is 0.178. The molecule has 3 heteroatoms. The molecule has 10 rings (SSSR count). The molecule has 2 heterocycles. The lowest BCUT2D eigenvalue weighted by atomic mass is 9.97. The van der Waals surface area contributed by atoms with Gasteiger partial charge in [-0.05, 0) is 87.6 Å². The summed E-state index contributed by atoms with van der Waals surface area (Å²) >= 11 is 3.74. The van der Waals surface area contributed by atoms with Crippen molar-refractivity contribution in [3.63, 3.8) is 0 Å². The lowest BCUT2D eigenvalue weighted by Gasteiger charge is -2.27. The van der Waals surface area contributed by atoms with E-state index in [1.807, 2.05) is 22.7 Å². The average Bonchev–Trinajstić information content (AvgIpc) is 3.75. The minimum Gasteiger partial charge on any atom is -0.308 e. The molecule has 0 unspecified atom stereocenters. The SMILES string of the molecule is c1cc(-c2ccc(N(c3cccc4c3sc3ccccc34)c3cccc4sc5ccccc5c34)cc2)cc(-c2ccc3ccccc3c2)c1. The molecule has 1 nitrogen and oxygen atoms in total. The standard InChI is InChI=1S/C46H29NS2/c1-2-11-32-29-35(23-22-30(32)10-1)34-13-7-12-33(28-34)31-24-26-36(27-25-31)47(40-17-9-21-44-45(40)39-15-4-6-20-43(39)48-44)41-18-8-16-38-37-14-3-5-19-42(37)49-46(38)41/h1-29H. The molecule has 0 spiro atoms. The molecule has 0 atom stereocenters. The fraction of sp³-hybridized carbons (Fsp3) is 0. The fourth-order valence-corrected chi connectivity index (χ4v) is 9.64. The van der Waals surface area contributed by atoms with Crippen molar-refractivity contribution in [2.45, 2.75) is 0 Å². The van der Waals surface area contributed by atoms with Crippen molar-refractivity contribution in [2.24, 2.45) is 0 Å². The monoisotopic (exact) mass is 659 g/mol. The zero-order valence-corrected chi connectivity index (χ0v) is 28.1. The van der Waals surface area contributed by atoms with Crippen LogP contribution < -0.4 is 4.90 Å². The second-order valence-corrected chi connectivity index (χ2v) is 14.7. The van der Waals surface area contributed by atoms with E-state index in [-0.39, 0.29) is 0 Å². The molecule has 49 heavy (non-hydrogen) atoms. The highest BCUT2D eigenvalue weighted by molar-refractivity contribution is 7.26. The summed E-state index contributed by atoms with van der Waals surface area (Å²) in [5.41, 5.74) is 8.41. The maximum Gasteiger partial charge on any atom is 0.0640 e. The van der Waals surface area contributed by atoms with Crippen molar-refractivity contribution in [2.75, 3.05) is 4.90 Å². The van der Waals surface area contributed by atoms with Crippen molar-refractivity contribution < 1.29 is 0 Å². The smallest absolute Gasteiger partial charge is 0.0640 e. The van der Waals surface area contributed by atoms with E-state index in [0.717, 1.165) is 5.69 Å². The van der Waals surface area contributed by atoms with E-state index in [4.69, 9.17) is 0 Å². The van der Waals surface area contributed by atoms with Gasteiger partial charge in [0.2, 0.25) is 0 Å². The number of hydrogen-bond acceptors (Lipinski definition) is 3. The zero-order valence-electron chi connectivity index (χ0n) is 26.5. The van der Waals surface area contributed by atoms with Gasteiger partial charge in [-0.15, -0.1) is 22.7 Å². The summed E-state index contributed by atoms with van der Waals surface area (Å²) in [7, 11) is 0. The number of hydrogen-bond donors (Lipinski definition) is 0. The van der Waals surface area contributed by atoms with Gasteiger partial charge in [-0.1, -0.05) is 121 Å². The largest absolute Gasteiger partial charge is 0.308 e. The maximum absolute atomic E-state index is 2.48. The summed E-state index contributed by atoms with van der Waals surface area (Å²) in [5, 5.41) is 7.73. The number of nitrogens with zero attached hydrogens (tertiary/aromatic N) is 1. The highest BCUT2D eigenvalue weighted by Gasteiger charge is 2.21. The summed E-state index contributed by atoms with van der Waals surface area (Å²) in [5.74, 6) is 0. The summed E-state index contributed by atoms with van der Waals surface area (Å²) < 4.78 is 5.22.